The summed E-state index contributed by atoms with van der Waals surface area (Å²) in [5, 5.41) is 11.7. The lowest BCUT2D eigenvalue weighted by atomic mass is 10.1. The Bertz CT molecular complexity index is 1060. The molecule has 1 saturated carbocycles. The van der Waals surface area contributed by atoms with Crippen LogP contribution in [0.4, 0.5) is 4.79 Å². The molecule has 2 aromatic carbocycles. The fourth-order valence-corrected chi connectivity index (χ4v) is 3.88. The van der Waals surface area contributed by atoms with E-state index in [-0.39, 0.29) is 24.2 Å². The van der Waals surface area contributed by atoms with Crippen LogP contribution >= 0.6 is 0 Å². The van der Waals surface area contributed by atoms with Crippen LogP contribution in [-0.4, -0.2) is 29.0 Å². The molecule has 0 bridgehead atoms. The van der Waals surface area contributed by atoms with E-state index in [9.17, 15) is 9.59 Å². The molecule has 0 spiro atoms. The van der Waals surface area contributed by atoms with Crippen LogP contribution in [0, 0.1) is 0 Å². The monoisotopic (exact) mass is 406 g/mol. The zero-order valence-electron chi connectivity index (χ0n) is 16.8. The van der Waals surface area contributed by atoms with Crippen molar-refractivity contribution in [1.82, 2.24) is 20.4 Å². The molecule has 2 amide bonds. The minimum Gasteiger partial charge on any atom is -0.492 e. The van der Waals surface area contributed by atoms with Crippen LogP contribution in [0.1, 0.15) is 37.4 Å². The normalized spacial score (nSPS) is 14.0. The van der Waals surface area contributed by atoms with Crippen molar-refractivity contribution in [3.63, 3.8) is 0 Å². The fraction of sp³-hybridized carbons (Fsp3) is 0.348. The Labute approximate surface area is 175 Å². The quantitative estimate of drug-likeness (QED) is 0.589. The average Bonchev–Trinajstić information content (AvgIpc) is 3.32. The van der Waals surface area contributed by atoms with E-state index in [1.54, 1.807) is 4.68 Å². The first-order valence-corrected chi connectivity index (χ1v) is 10.4. The van der Waals surface area contributed by atoms with Gasteiger partial charge in [0.1, 0.15) is 12.4 Å². The van der Waals surface area contributed by atoms with Gasteiger partial charge in [-0.2, -0.15) is 5.10 Å². The highest BCUT2D eigenvalue weighted by Crippen LogP contribution is 2.28. The Morgan fingerprint density at radius 1 is 1.00 bits per heavy atom. The summed E-state index contributed by atoms with van der Waals surface area (Å²) in [4.78, 5) is 25.1. The number of urea groups is 1. The summed E-state index contributed by atoms with van der Waals surface area (Å²) in [5.74, 6) is 0.768. The molecule has 1 heterocycles. The van der Waals surface area contributed by atoms with Gasteiger partial charge >= 0.3 is 6.03 Å². The van der Waals surface area contributed by atoms with Crippen molar-refractivity contribution in [2.24, 2.45) is 0 Å². The Morgan fingerprint density at radius 3 is 2.47 bits per heavy atom. The molecule has 0 unspecified atom stereocenters. The van der Waals surface area contributed by atoms with Gasteiger partial charge in [-0.15, -0.1) is 0 Å². The summed E-state index contributed by atoms with van der Waals surface area (Å²) < 4.78 is 7.19. The second-order valence-electron chi connectivity index (χ2n) is 7.45. The summed E-state index contributed by atoms with van der Waals surface area (Å²) >= 11 is 0. The summed E-state index contributed by atoms with van der Waals surface area (Å²) in [6.07, 6.45) is 4.18. The molecule has 1 fully saturated rings. The van der Waals surface area contributed by atoms with Gasteiger partial charge < -0.3 is 15.4 Å². The average molecular weight is 406 g/mol. The zero-order valence-corrected chi connectivity index (χ0v) is 16.8. The second-order valence-corrected chi connectivity index (χ2v) is 7.45. The van der Waals surface area contributed by atoms with Gasteiger partial charge in [-0.25, -0.2) is 9.48 Å². The van der Waals surface area contributed by atoms with Gasteiger partial charge in [-0.3, -0.25) is 4.79 Å². The number of para-hydroxylation sites is 1. The number of carbonyl (C=O) groups excluding carboxylic acids is 1. The predicted molar refractivity (Wildman–Crippen MR) is 116 cm³/mol. The van der Waals surface area contributed by atoms with E-state index < -0.39 is 0 Å². The van der Waals surface area contributed by atoms with Crippen molar-refractivity contribution < 1.29 is 9.53 Å². The molecule has 1 aliphatic rings. The van der Waals surface area contributed by atoms with Crippen LogP contribution in [0.25, 0.3) is 10.8 Å². The standard InChI is InChI=1S/C23H26N4O3/c28-22-20-13-7-6-12-19(20)21(26-27(22)17-8-4-5-9-17)16-25-23(29)24-14-15-30-18-10-2-1-3-11-18/h1-3,6-7,10-13,17H,4-5,8-9,14-16H2,(H2,24,25,29). The molecular weight excluding hydrogens is 380 g/mol. The lowest BCUT2D eigenvalue weighted by Gasteiger charge is -2.16. The Kier molecular flexibility index (Phi) is 6.27. The topological polar surface area (TPSA) is 85.2 Å². The lowest BCUT2D eigenvalue weighted by Crippen LogP contribution is -2.38. The van der Waals surface area contributed by atoms with Crippen molar-refractivity contribution in [1.29, 1.82) is 0 Å². The minimum absolute atomic E-state index is 0.0521. The fourth-order valence-electron chi connectivity index (χ4n) is 3.88. The third kappa shape index (κ3) is 4.62. The molecule has 1 aliphatic carbocycles. The van der Waals surface area contributed by atoms with Crippen LogP contribution in [0.3, 0.4) is 0 Å². The van der Waals surface area contributed by atoms with Crippen molar-refractivity contribution >= 4 is 16.8 Å². The van der Waals surface area contributed by atoms with Gasteiger partial charge in [-0.1, -0.05) is 49.2 Å². The zero-order chi connectivity index (χ0) is 20.8. The highest BCUT2D eigenvalue weighted by Gasteiger charge is 2.21. The van der Waals surface area contributed by atoms with Crippen molar-refractivity contribution in [2.75, 3.05) is 13.2 Å². The number of fused-ring (bicyclic) bond motifs is 1. The molecule has 2 N–H and O–H groups in total. The van der Waals surface area contributed by atoms with Crippen LogP contribution in [-0.2, 0) is 6.54 Å². The maximum absolute atomic E-state index is 12.9. The van der Waals surface area contributed by atoms with Crippen molar-refractivity contribution in [3.8, 4) is 5.75 Å². The number of hydrogen-bond acceptors (Lipinski definition) is 4. The first-order valence-electron chi connectivity index (χ1n) is 10.4. The molecule has 156 valence electrons. The Hall–Kier alpha value is -3.35. The van der Waals surface area contributed by atoms with Gasteiger partial charge in [0.25, 0.3) is 5.56 Å². The number of nitrogens with one attached hydrogen (secondary N) is 2. The molecule has 0 aliphatic heterocycles. The minimum atomic E-state index is -0.295. The van der Waals surface area contributed by atoms with Gasteiger partial charge in [0.05, 0.1) is 30.2 Å². The number of carbonyl (C=O) groups is 1. The summed E-state index contributed by atoms with van der Waals surface area (Å²) in [6.45, 7) is 1.01. The molecule has 0 radical (unpaired) electrons. The van der Waals surface area contributed by atoms with Gasteiger partial charge in [-0.05, 0) is 31.0 Å². The number of amides is 2. The number of ether oxygens (including phenoxy) is 1. The lowest BCUT2D eigenvalue weighted by molar-refractivity contribution is 0.236. The predicted octanol–water partition coefficient (Wildman–Crippen LogP) is 3.39. The first kappa shape index (κ1) is 19.9. The number of hydrogen-bond donors (Lipinski definition) is 2. The van der Waals surface area contributed by atoms with E-state index in [0.717, 1.165) is 36.8 Å². The molecule has 0 saturated heterocycles. The molecule has 7 nitrogen and oxygen atoms in total. The highest BCUT2D eigenvalue weighted by atomic mass is 16.5. The highest BCUT2D eigenvalue weighted by molar-refractivity contribution is 5.84. The smallest absolute Gasteiger partial charge is 0.315 e. The maximum Gasteiger partial charge on any atom is 0.315 e. The van der Waals surface area contributed by atoms with E-state index in [0.29, 0.717) is 24.2 Å². The molecule has 3 aromatic rings. The van der Waals surface area contributed by atoms with Crippen LogP contribution < -0.4 is 20.9 Å². The van der Waals surface area contributed by atoms with E-state index >= 15 is 0 Å². The Morgan fingerprint density at radius 2 is 1.70 bits per heavy atom. The van der Waals surface area contributed by atoms with Crippen LogP contribution in [0.5, 0.6) is 5.75 Å². The molecule has 0 atom stereocenters. The molecule has 30 heavy (non-hydrogen) atoms. The third-order valence-electron chi connectivity index (χ3n) is 5.39. The van der Waals surface area contributed by atoms with Crippen LogP contribution in [0.2, 0.25) is 0 Å². The van der Waals surface area contributed by atoms with Crippen molar-refractivity contribution in [2.45, 2.75) is 38.3 Å². The van der Waals surface area contributed by atoms with Gasteiger partial charge in [0, 0.05) is 5.39 Å². The van der Waals surface area contributed by atoms with Gasteiger partial charge in [0.2, 0.25) is 0 Å². The van der Waals surface area contributed by atoms with E-state index in [1.807, 2.05) is 54.6 Å². The van der Waals surface area contributed by atoms with Crippen LogP contribution in [0.15, 0.2) is 59.4 Å². The van der Waals surface area contributed by atoms with Gasteiger partial charge in [0.15, 0.2) is 0 Å². The van der Waals surface area contributed by atoms with E-state index in [1.165, 1.54) is 0 Å². The first-order chi connectivity index (χ1) is 14.7. The second kappa shape index (κ2) is 9.43. The third-order valence-corrected chi connectivity index (χ3v) is 5.39. The summed E-state index contributed by atoms with van der Waals surface area (Å²) in [6, 6.07) is 16.8. The molecular formula is C23H26N4O3. The number of nitrogens with zero attached hydrogens (tertiary/aromatic N) is 2. The van der Waals surface area contributed by atoms with E-state index in [2.05, 4.69) is 15.7 Å². The summed E-state index contributed by atoms with van der Waals surface area (Å²) in [7, 11) is 0. The largest absolute Gasteiger partial charge is 0.492 e. The maximum atomic E-state index is 12.9. The molecule has 4 rings (SSSR count). The summed E-state index contributed by atoms with van der Waals surface area (Å²) in [5.41, 5.74) is 0.650. The number of benzene rings is 2. The molecule has 1 aromatic heterocycles. The molecule has 7 heteroatoms. The number of aromatic nitrogens is 2. The number of rotatable bonds is 7. The van der Waals surface area contributed by atoms with E-state index in [4.69, 9.17) is 4.74 Å². The van der Waals surface area contributed by atoms with Crippen molar-refractivity contribution in [3.05, 3.63) is 70.6 Å². The SMILES string of the molecule is O=C(NCCOc1ccccc1)NCc1nn(C2CCCC2)c(=O)c2ccccc12. The Balaban J connectivity index is 1.38.